The number of aryl methyl sites for hydroxylation is 2. The molecule has 88 valence electrons. The van der Waals surface area contributed by atoms with Gasteiger partial charge < -0.3 is 5.73 Å². The van der Waals surface area contributed by atoms with E-state index in [-0.39, 0.29) is 6.04 Å². The summed E-state index contributed by atoms with van der Waals surface area (Å²) in [6, 6.07) is 8.29. The topological polar surface area (TPSA) is 51.8 Å². The maximum atomic E-state index is 6.12. The third-order valence-electron chi connectivity index (χ3n) is 2.72. The summed E-state index contributed by atoms with van der Waals surface area (Å²) in [4.78, 5) is 8.53. The Bertz CT molecular complexity index is 491. The molecule has 0 saturated carbocycles. The molecule has 0 saturated heterocycles. The van der Waals surface area contributed by atoms with Crippen LogP contribution >= 0.6 is 0 Å². The maximum absolute atomic E-state index is 6.12. The van der Waals surface area contributed by atoms with E-state index < -0.39 is 0 Å². The predicted octanol–water partition coefficient (Wildman–Crippen LogP) is 2.34. The van der Waals surface area contributed by atoms with Crippen LogP contribution < -0.4 is 5.73 Å². The number of nitrogens with zero attached hydrogens (tertiary/aromatic N) is 2. The van der Waals surface area contributed by atoms with Gasteiger partial charge in [-0.1, -0.05) is 29.8 Å². The number of nitrogens with two attached hydrogens (primary N) is 1. The van der Waals surface area contributed by atoms with E-state index in [0.717, 1.165) is 17.8 Å². The fraction of sp³-hybridized carbons (Fsp3) is 0.286. The van der Waals surface area contributed by atoms with Crippen LogP contribution in [0, 0.1) is 13.8 Å². The van der Waals surface area contributed by atoms with E-state index in [2.05, 4.69) is 41.2 Å². The molecule has 1 aromatic heterocycles. The van der Waals surface area contributed by atoms with Crippen molar-refractivity contribution in [3.63, 3.8) is 0 Å². The molecule has 3 nitrogen and oxygen atoms in total. The molecule has 1 aromatic carbocycles. The first-order chi connectivity index (χ1) is 8.15. The summed E-state index contributed by atoms with van der Waals surface area (Å²) in [5.74, 6) is 0. The first kappa shape index (κ1) is 11.7. The highest BCUT2D eigenvalue weighted by Crippen LogP contribution is 2.14. The molecule has 0 aliphatic carbocycles. The van der Waals surface area contributed by atoms with Gasteiger partial charge in [0.15, 0.2) is 0 Å². The molecule has 0 radical (unpaired) electrons. The molecule has 3 heteroatoms. The molecular weight excluding hydrogens is 210 g/mol. The SMILES string of the molecule is Cc1cccc(CC(N)c2cnc(C)cn2)c1. The van der Waals surface area contributed by atoms with E-state index in [4.69, 9.17) is 5.73 Å². The van der Waals surface area contributed by atoms with Gasteiger partial charge in [0.2, 0.25) is 0 Å². The third kappa shape index (κ3) is 3.11. The molecule has 1 unspecified atom stereocenters. The molecule has 0 aliphatic heterocycles. The Hall–Kier alpha value is -1.74. The molecular formula is C14H17N3. The number of rotatable bonds is 3. The number of benzene rings is 1. The molecule has 2 rings (SSSR count). The Morgan fingerprint density at radius 1 is 1.18 bits per heavy atom. The quantitative estimate of drug-likeness (QED) is 0.875. The Morgan fingerprint density at radius 2 is 2.00 bits per heavy atom. The van der Waals surface area contributed by atoms with Gasteiger partial charge >= 0.3 is 0 Å². The second-order valence-corrected chi connectivity index (χ2v) is 4.38. The van der Waals surface area contributed by atoms with Crippen LogP contribution in [0.25, 0.3) is 0 Å². The lowest BCUT2D eigenvalue weighted by Crippen LogP contribution is -2.15. The maximum Gasteiger partial charge on any atom is 0.0757 e. The molecule has 0 bridgehead atoms. The average Bonchev–Trinajstić information content (AvgIpc) is 2.29. The summed E-state index contributed by atoms with van der Waals surface area (Å²) in [5, 5.41) is 0. The van der Waals surface area contributed by atoms with Crippen molar-refractivity contribution in [3.05, 3.63) is 59.2 Å². The smallest absolute Gasteiger partial charge is 0.0757 e. The second kappa shape index (κ2) is 5.06. The van der Waals surface area contributed by atoms with Gasteiger partial charge in [0.1, 0.15) is 0 Å². The molecule has 0 fully saturated rings. The van der Waals surface area contributed by atoms with Crippen LogP contribution in [0.15, 0.2) is 36.7 Å². The van der Waals surface area contributed by atoms with Gasteiger partial charge in [-0.15, -0.1) is 0 Å². The largest absolute Gasteiger partial charge is 0.322 e. The van der Waals surface area contributed by atoms with Gasteiger partial charge in [-0.2, -0.15) is 0 Å². The summed E-state index contributed by atoms with van der Waals surface area (Å²) < 4.78 is 0. The number of hydrogen-bond donors (Lipinski definition) is 1. The van der Waals surface area contributed by atoms with Crippen molar-refractivity contribution in [2.24, 2.45) is 5.73 Å². The van der Waals surface area contributed by atoms with Gasteiger partial charge in [-0.3, -0.25) is 9.97 Å². The van der Waals surface area contributed by atoms with Crippen molar-refractivity contribution >= 4 is 0 Å². The first-order valence-electron chi connectivity index (χ1n) is 5.75. The summed E-state index contributed by atoms with van der Waals surface area (Å²) >= 11 is 0. The zero-order valence-electron chi connectivity index (χ0n) is 10.2. The van der Waals surface area contributed by atoms with Crippen LogP contribution in [0.5, 0.6) is 0 Å². The molecule has 0 spiro atoms. The highest BCUT2D eigenvalue weighted by molar-refractivity contribution is 5.24. The second-order valence-electron chi connectivity index (χ2n) is 4.38. The van der Waals surface area contributed by atoms with Gasteiger partial charge in [0.05, 0.1) is 23.6 Å². The molecule has 0 aliphatic rings. The van der Waals surface area contributed by atoms with E-state index in [0.29, 0.717) is 0 Å². The Balaban J connectivity index is 2.11. The van der Waals surface area contributed by atoms with Gasteiger partial charge in [0, 0.05) is 6.20 Å². The number of hydrogen-bond acceptors (Lipinski definition) is 3. The zero-order chi connectivity index (χ0) is 12.3. The summed E-state index contributed by atoms with van der Waals surface area (Å²) in [6.07, 6.45) is 4.31. The normalized spacial score (nSPS) is 12.4. The molecule has 0 amide bonds. The third-order valence-corrected chi connectivity index (χ3v) is 2.72. The van der Waals surface area contributed by atoms with E-state index in [1.165, 1.54) is 11.1 Å². The van der Waals surface area contributed by atoms with Crippen molar-refractivity contribution in [1.82, 2.24) is 9.97 Å². The highest BCUT2D eigenvalue weighted by Gasteiger charge is 2.08. The van der Waals surface area contributed by atoms with E-state index in [1.807, 2.05) is 6.92 Å². The van der Waals surface area contributed by atoms with Crippen LogP contribution in [0.2, 0.25) is 0 Å². The van der Waals surface area contributed by atoms with Crippen LogP contribution in [-0.2, 0) is 6.42 Å². The van der Waals surface area contributed by atoms with Crippen molar-refractivity contribution in [2.45, 2.75) is 26.3 Å². The zero-order valence-corrected chi connectivity index (χ0v) is 10.2. The Labute approximate surface area is 102 Å². The Morgan fingerprint density at radius 3 is 2.65 bits per heavy atom. The molecule has 17 heavy (non-hydrogen) atoms. The lowest BCUT2D eigenvalue weighted by molar-refractivity contribution is 0.689. The molecule has 1 heterocycles. The van der Waals surface area contributed by atoms with Crippen LogP contribution in [0.3, 0.4) is 0 Å². The van der Waals surface area contributed by atoms with Crippen molar-refractivity contribution in [3.8, 4) is 0 Å². The lowest BCUT2D eigenvalue weighted by Gasteiger charge is -2.11. The highest BCUT2D eigenvalue weighted by atomic mass is 14.8. The molecule has 2 N–H and O–H groups in total. The fourth-order valence-corrected chi connectivity index (χ4v) is 1.79. The van der Waals surface area contributed by atoms with E-state index in [1.54, 1.807) is 12.4 Å². The van der Waals surface area contributed by atoms with E-state index >= 15 is 0 Å². The van der Waals surface area contributed by atoms with Crippen LogP contribution in [0.1, 0.15) is 28.6 Å². The average molecular weight is 227 g/mol. The number of aromatic nitrogens is 2. The summed E-state index contributed by atoms with van der Waals surface area (Å²) in [7, 11) is 0. The minimum Gasteiger partial charge on any atom is -0.322 e. The van der Waals surface area contributed by atoms with Crippen molar-refractivity contribution in [1.29, 1.82) is 0 Å². The standard InChI is InChI=1S/C14H17N3/c1-10-4-3-5-12(6-10)7-13(15)14-9-16-11(2)8-17-14/h3-6,8-9,13H,7,15H2,1-2H3. The van der Waals surface area contributed by atoms with Crippen LogP contribution in [-0.4, -0.2) is 9.97 Å². The first-order valence-corrected chi connectivity index (χ1v) is 5.75. The van der Waals surface area contributed by atoms with Gasteiger partial charge in [-0.05, 0) is 25.8 Å². The minimum atomic E-state index is -0.0927. The van der Waals surface area contributed by atoms with Gasteiger partial charge in [0.25, 0.3) is 0 Å². The van der Waals surface area contributed by atoms with Gasteiger partial charge in [-0.25, -0.2) is 0 Å². The Kier molecular flexibility index (Phi) is 3.49. The minimum absolute atomic E-state index is 0.0927. The fourth-order valence-electron chi connectivity index (χ4n) is 1.79. The summed E-state index contributed by atoms with van der Waals surface area (Å²) in [5.41, 5.74) is 10.4. The van der Waals surface area contributed by atoms with Crippen molar-refractivity contribution in [2.75, 3.05) is 0 Å². The van der Waals surface area contributed by atoms with E-state index in [9.17, 15) is 0 Å². The lowest BCUT2D eigenvalue weighted by atomic mass is 10.0. The summed E-state index contributed by atoms with van der Waals surface area (Å²) in [6.45, 7) is 4.00. The monoisotopic (exact) mass is 227 g/mol. The molecule has 1 atom stereocenters. The van der Waals surface area contributed by atoms with Crippen LogP contribution in [0.4, 0.5) is 0 Å². The molecule has 2 aromatic rings. The predicted molar refractivity (Wildman–Crippen MR) is 68.6 cm³/mol. The van der Waals surface area contributed by atoms with Crippen molar-refractivity contribution < 1.29 is 0 Å².